The Hall–Kier alpha value is -1.88. The number of rotatable bonds is 7. The Balaban J connectivity index is 3.07. The van der Waals surface area contributed by atoms with Crippen molar-refractivity contribution in [3.8, 4) is 0 Å². The second-order valence-corrected chi connectivity index (χ2v) is 4.63. The molecule has 20 heavy (non-hydrogen) atoms. The number of carboxylic acids is 1. The quantitative estimate of drug-likeness (QED) is 0.823. The summed E-state index contributed by atoms with van der Waals surface area (Å²) in [7, 11) is 1.66. The Morgan fingerprint density at radius 3 is 2.15 bits per heavy atom. The smallest absolute Gasteiger partial charge is 0.317 e. The molecule has 1 aromatic carbocycles. The molecule has 0 spiro atoms. The Morgan fingerprint density at radius 1 is 1.15 bits per heavy atom. The van der Waals surface area contributed by atoms with Gasteiger partial charge in [-0.15, -0.1) is 0 Å². The molecule has 0 saturated heterocycles. The van der Waals surface area contributed by atoms with Crippen molar-refractivity contribution >= 4 is 11.9 Å². The molecule has 5 nitrogen and oxygen atoms in total. The topological polar surface area (TPSA) is 60.9 Å². The highest BCUT2D eigenvalue weighted by atomic mass is 16.4. The SMILES string of the molecule is CCN(CC)C(=O)C(c1ccccc1)N(C)CC(=O)O. The lowest BCUT2D eigenvalue weighted by molar-refractivity contribution is -0.141. The van der Waals surface area contributed by atoms with Crippen LogP contribution in [0.2, 0.25) is 0 Å². The lowest BCUT2D eigenvalue weighted by Crippen LogP contribution is -2.43. The van der Waals surface area contributed by atoms with Crippen LogP contribution < -0.4 is 0 Å². The van der Waals surface area contributed by atoms with Gasteiger partial charge in [0.15, 0.2) is 0 Å². The van der Waals surface area contributed by atoms with E-state index in [2.05, 4.69) is 0 Å². The van der Waals surface area contributed by atoms with E-state index in [4.69, 9.17) is 5.11 Å². The van der Waals surface area contributed by atoms with Crippen LogP contribution in [-0.4, -0.2) is 53.5 Å². The number of hydrogen-bond donors (Lipinski definition) is 1. The van der Waals surface area contributed by atoms with Crippen molar-refractivity contribution in [2.24, 2.45) is 0 Å². The lowest BCUT2D eigenvalue weighted by atomic mass is 10.0. The largest absolute Gasteiger partial charge is 0.480 e. The Labute approximate surface area is 119 Å². The number of carbonyl (C=O) groups excluding carboxylic acids is 1. The number of amides is 1. The first-order valence-corrected chi connectivity index (χ1v) is 6.77. The summed E-state index contributed by atoms with van der Waals surface area (Å²) in [6.45, 7) is 4.88. The lowest BCUT2D eigenvalue weighted by Gasteiger charge is -2.31. The van der Waals surface area contributed by atoms with Gasteiger partial charge in [0.05, 0.1) is 6.54 Å². The van der Waals surface area contributed by atoms with E-state index < -0.39 is 12.0 Å². The first kappa shape index (κ1) is 16.2. The second kappa shape index (κ2) is 7.65. The maximum Gasteiger partial charge on any atom is 0.317 e. The molecule has 5 heteroatoms. The van der Waals surface area contributed by atoms with Gasteiger partial charge >= 0.3 is 5.97 Å². The number of nitrogens with zero attached hydrogens (tertiary/aromatic N) is 2. The fourth-order valence-electron chi connectivity index (χ4n) is 2.23. The zero-order valence-electron chi connectivity index (χ0n) is 12.2. The van der Waals surface area contributed by atoms with Crippen LogP contribution in [0.3, 0.4) is 0 Å². The predicted molar refractivity (Wildman–Crippen MR) is 77.4 cm³/mol. The molecular weight excluding hydrogens is 256 g/mol. The highest BCUT2D eigenvalue weighted by molar-refractivity contribution is 5.84. The van der Waals surface area contributed by atoms with Crippen molar-refractivity contribution in [2.45, 2.75) is 19.9 Å². The molecule has 0 aliphatic carbocycles. The number of hydrogen-bond acceptors (Lipinski definition) is 3. The number of carboxylic acid groups (broad SMARTS) is 1. The Bertz CT molecular complexity index is 444. The third kappa shape index (κ3) is 4.06. The molecule has 0 bridgehead atoms. The van der Waals surface area contributed by atoms with Crippen molar-refractivity contribution in [2.75, 3.05) is 26.7 Å². The normalized spacial score (nSPS) is 12.2. The monoisotopic (exact) mass is 278 g/mol. The maximum absolute atomic E-state index is 12.6. The van der Waals surface area contributed by atoms with Crippen molar-refractivity contribution in [3.63, 3.8) is 0 Å². The van der Waals surface area contributed by atoms with Gasteiger partial charge in [0, 0.05) is 13.1 Å². The van der Waals surface area contributed by atoms with Crippen LogP contribution in [0.5, 0.6) is 0 Å². The Morgan fingerprint density at radius 2 is 1.70 bits per heavy atom. The summed E-state index contributed by atoms with van der Waals surface area (Å²) >= 11 is 0. The summed E-state index contributed by atoms with van der Waals surface area (Å²) in [4.78, 5) is 26.8. The summed E-state index contributed by atoms with van der Waals surface area (Å²) in [5.41, 5.74) is 0.813. The molecule has 1 rings (SSSR count). The number of benzene rings is 1. The van der Waals surface area contributed by atoms with Gasteiger partial charge in [0.2, 0.25) is 5.91 Å². The van der Waals surface area contributed by atoms with Crippen LogP contribution in [0.4, 0.5) is 0 Å². The van der Waals surface area contributed by atoms with E-state index in [1.54, 1.807) is 16.8 Å². The molecule has 1 N–H and O–H groups in total. The standard InChI is InChI=1S/C15H22N2O3/c1-4-17(5-2)15(20)14(16(3)11-13(18)19)12-9-7-6-8-10-12/h6-10,14H,4-5,11H2,1-3H3,(H,18,19). The number of likely N-dealkylation sites (N-methyl/N-ethyl adjacent to an activating group) is 2. The molecule has 0 radical (unpaired) electrons. The van der Waals surface area contributed by atoms with Gasteiger partial charge in [0.1, 0.15) is 6.04 Å². The second-order valence-electron chi connectivity index (χ2n) is 4.63. The first-order valence-electron chi connectivity index (χ1n) is 6.77. The fraction of sp³-hybridized carbons (Fsp3) is 0.467. The van der Waals surface area contributed by atoms with Gasteiger partial charge < -0.3 is 10.0 Å². The number of aliphatic carboxylic acids is 1. The molecule has 0 aliphatic heterocycles. The summed E-state index contributed by atoms with van der Waals surface area (Å²) in [5.74, 6) is -1.01. The molecule has 0 aliphatic rings. The van der Waals surface area contributed by atoms with E-state index in [9.17, 15) is 9.59 Å². The number of carbonyl (C=O) groups is 2. The van der Waals surface area contributed by atoms with Crippen LogP contribution in [0.1, 0.15) is 25.5 Å². The molecule has 0 fully saturated rings. The van der Waals surface area contributed by atoms with Gasteiger partial charge in [-0.2, -0.15) is 0 Å². The molecule has 1 atom stereocenters. The highest BCUT2D eigenvalue weighted by Gasteiger charge is 2.29. The maximum atomic E-state index is 12.6. The first-order chi connectivity index (χ1) is 9.51. The molecule has 1 unspecified atom stereocenters. The zero-order chi connectivity index (χ0) is 15.1. The van der Waals surface area contributed by atoms with Gasteiger partial charge in [-0.05, 0) is 26.5 Å². The minimum atomic E-state index is -0.944. The van der Waals surface area contributed by atoms with Gasteiger partial charge in [0.25, 0.3) is 0 Å². The van der Waals surface area contributed by atoms with Crippen LogP contribution in [0.15, 0.2) is 30.3 Å². The molecule has 1 aromatic rings. The zero-order valence-corrected chi connectivity index (χ0v) is 12.2. The fourth-order valence-corrected chi connectivity index (χ4v) is 2.23. The van der Waals surface area contributed by atoms with Crippen LogP contribution in [-0.2, 0) is 9.59 Å². The molecule has 0 aromatic heterocycles. The third-order valence-electron chi connectivity index (χ3n) is 3.25. The van der Waals surface area contributed by atoms with Gasteiger partial charge in [-0.25, -0.2) is 0 Å². The average Bonchev–Trinajstić information content (AvgIpc) is 2.40. The summed E-state index contributed by atoms with van der Waals surface area (Å²) in [6, 6.07) is 8.72. The van der Waals surface area contributed by atoms with E-state index in [-0.39, 0.29) is 12.5 Å². The molecule has 1 amide bonds. The predicted octanol–water partition coefficient (Wildman–Crippen LogP) is 1.61. The molecule has 0 saturated carbocycles. The highest BCUT2D eigenvalue weighted by Crippen LogP contribution is 2.21. The van der Waals surface area contributed by atoms with E-state index in [1.165, 1.54) is 0 Å². The summed E-state index contributed by atoms with van der Waals surface area (Å²) in [5, 5.41) is 8.95. The van der Waals surface area contributed by atoms with Gasteiger partial charge in [-0.3, -0.25) is 14.5 Å². The van der Waals surface area contributed by atoms with E-state index >= 15 is 0 Å². The summed E-state index contributed by atoms with van der Waals surface area (Å²) < 4.78 is 0. The average molecular weight is 278 g/mol. The van der Waals surface area contributed by atoms with Crippen LogP contribution >= 0.6 is 0 Å². The van der Waals surface area contributed by atoms with Crippen molar-refractivity contribution in [1.82, 2.24) is 9.80 Å². The summed E-state index contributed by atoms with van der Waals surface area (Å²) in [6.07, 6.45) is 0. The van der Waals surface area contributed by atoms with E-state index in [1.807, 2.05) is 44.2 Å². The molecule has 110 valence electrons. The van der Waals surface area contributed by atoms with Crippen molar-refractivity contribution in [1.29, 1.82) is 0 Å². The minimum Gasteiger partial charge on any atom is -0.480 e. The van der Waals surface area contributed by atoms with E-state index in [0.29, 0.717) is 13.1 Å². The third-order valence-corrected chi connectivity index (χ3v) is 3.25. The van der Waals surface area contributed by atoms with Gasteiger partial charge in [-0.1, -0.05) is 30.3 Å². The Kier molecular flexibility index (Phi) is 6.18. The van der Waals surface area contributed by atoms with E-state index in [0.717, 1.165) is 5.56 Å². The van der Waals surface area contributed by atoms with Crippen LogP contribution in [0, 0.1) is 0 Å². The van der Waals surface area contributed by atoms with Crippen molar-refractivity contribution in [3.05, 3.63) is 35.9 Å². The van der Waals surface area contributed by atoms with Crippen molar-refractivity contribution < 1.29 is 14.7 Å². The molecular formula is C15H22N2O3. The van der Waals surface area contributed by atoms with Crippen LogP contribution in [0.25, 0.3) is 0 Å². The molecule has 0 heterocycles. The minimum absolute atomic E-state index is 0.0649.